The zero-order chi connectivity index (χ0) is 27.2. The second-order valence-corrected chi connectivity index (χ2v) is 10.2. The molecule has 0 unspecified atom stereocenters. The van der Waals surface area contributed by atoms with Crippen LogP contribution in [0.2, 0.25) is 0 Å². The van der Waals surface area contributed by atoms with E-state index in [2.05, 4.69) is 55.9 Å². The van der Waals surface area contributed by atoms with Crippen LogP contribution < -0.4 is 10.6 Å². The summed E-state index contributed by atoms with van der Waals surface area (Å²) < 4.78 is 0. The van der Waals surface area contributed by atoms with Crippen LogP contribution in [0.1, 0.15) is 56.7 Å². The fourth-order valence-electron chi connectivity index (χ4n) is 4.56. The van der Waals surface area contributed by atoms with Gasteiger partial charge in [-0.15, -0.1) is 11.3 Å². The van der Waals surface area contributed by atoms with E-state index in [-0.39, 0.29) is 23.6 Å². The standard InChI is InChI=1S/C30H29N5O3S/c1-19-7-6-11-25(36)27(19)30(38)32-14-5-4-10-23(35-29(37)26-17-31-18-39-26)28-33-16-24(34-28)22-13-12-20-8-2-3-9-21(20)15-22/h2-3,6-9,11-13,15-18,23,36H,4-5,10,14H2,1H3,(H,32,38)(H,33,34)(H,35,37)/t23-/m0/s1. The summed E-state index contributed by atoms with van der Waals surface area (Å²) in [6, 6.07) is 19.1. The van der Waals surface area contributed by atoms with Gasteiger partial charge in [0.25, 0.3) is 11.8 Å². The number of imidazole rings is 1. The van der Waals surface area contributed by atoms with Crippen molar-refractivity contribution in [2.24, 2.45) is 0 Å². The Bertz CT molecular complexity index is 1580. The van der Waals surface area contributed by atoms with Gasteiger partial charge in [-0.25, -0.2) is 4.98 Å². The zero-order valence-corrected chi connectivity index (χ0v) is 22.3. The van der Waals surface area contributed by atoms with Gasteiger partial charge in [0.15, 0.2) is 0 Å². The van der Waals surface area contributed by atoms with Crippen LogP contribution in [0.25, 0.3) is 22.0 Å². The molecule has 2 aromatic heterocycles. The predicted molar refractivity (Wildman–Crippen MR) is 153 cm³/mol. The summed E-state index contributed by atoms with van der Waals surface area (Å²) in [5.74, 6) is 0.143. The lowest BCUT2D eigenvalue weighted by Crippen LogP contribution is -2.29. The first-order valence-corrected chi connectivity index (χ1v) is 13.7. The molecule has 0 saturated heterocycles. The van der Waals surface area contributed by atoms with E-state index in [0.717, 1.165) is 28.6 Å². The highest BCUT2D eigenvalue weighted by Crippen LogP contribution is 2.26. The normalized spacial score (nSPS) is 11.8. The minimum atomic E-state index is -0.343. The minimum absolute atomic E-state index is 0.0293. The maximum atomic E-state index is 12.8. The minimum Gasteiger partial charge on any atom is -0.507 e. The van der Waals surface area contributed by atoms with Crippen LogP contribution in [0.3, 0.4) is 0 Å². The first-order chi connectivity index (χ1) is 19.0. The molecule has 4 N–H and O–H groups in total. The Hall–Kier alpha value is -4.50. The molecular weight excluding hydrogens is 510 g/mol. The average molecular weight is 540 g/mol. The molecule has 0 aliphatic heterocycles. The van der Waals surface area contributed by atoms with Crippen molar-refractivity contribution in [3.05, 3.63) is 100 Å². The van der Waals surface area contributed by atoms with Gasteiger partial charge in [0, 0.05) is 12.1 Å². The van der Waals surface area contributed by atoms with Crippen LogP contribution in [-0.4, -0.2) is 38.4 Å². The lowest BCUT2D eigenvalue weighted by atomic mass is 10.1. The first kappa shape index (κ1) is 26.1. The van der Waals surface area contributed by atoms with E-state index < -0.39 is 0 Å². The smallest absolute Gasteiger partial charge is 0.263 e. The molecule has 5 aromatic rings. The Morgan fingerprint density at radius 1 is 1.00 bits per heavy atom. The second kappa shape index (κ2) is 11.9. The van der Waals surface area contributed by atoms with Crippen molar-refractivity contribution < 1.29 is 14.7 Å². The van der Waals surface area contributed by atoms with E-state index in [4.69, 9.17) is 0 Å². The molecule has 9 heteroatoms. The predicted octanol–water partition coefficient (Wildman–Crippen LogP) is 5.77. The first-order valence-electron chi connectivity index (χ1n) is 12.8. The number of rotatable bonds is 10. The number of aryl methyl sites for hydroxylation is 1. The highest BCUT2D eigenvalue weighted by molar-refractivity contribution is 7.11. The van der Waals surface area contributed by atoms with Crippen molar-refractivity contribution in [3.8, 4) is 17.0 Å². The number of carbonyl (C=O) groups is 2. The number of hydrogen-bond acceptors (Lipinski definition) is 6. The molecule has 2 amide bonds. The molecule has 0 fully saturated rings. The molecule has 0 radical (unpaired) electrons. The number of aromatic hydroxyl groups is 1. The van der Waals surface area contributed by atoms with E-state index in [1.54, 1.807) is 37.0 Å². The third-order valence-electron chi connectivity index (χ3n) is 6.63. The third-order valence-corrected chi connectivity index (χ3v) is 7.40. The van der Waals surface area contributed by atoms with Crippen molar-refractivity contribution in [1.29, 1.82) is 0 Å². The number of unbranched alkanes of at least 4 members (excludes halogenated alkanes) is 1. The lowest BCUT2D eigenvalue weighted by Gasteiger charge is -2.16. The molecule has 8 nitrogen and oxygen atoms in total. The van der Waals surface area contributed by atoms with Crippen LogP contribution in [0.15, 0.2) is 78.6 Å². The zero-order valence-electron chi connectivity index (χ0n) is 21.5. The Morgan fingerprint density at radius 2 is 1.85 bits per heavy atom. The van der Waals surface area contributed by atoms with E-state index in [1.165, 1.54) is 22.8 Å². The Kier molecular flexibility index (Phi) is 7.98. The molecular formula is C30H29N5O3S. The summed E-state index contributed by atoms with van der Waals surface area (Å²) in [4.78, 5) is 38.0. The van der Waals surface area contributed by atoms with Gasteiger partial charge in [-0.3, -0.25) is 14.6 Å². The molecule has 0 saturated carbocycles. The SMILES string of the molecule is Cc1cccc(O)c1C(=O)NCCCC[C@H](NC(=O)c1cncs1)c1ncc(-c2ccc3ccccc3c2)[nH]1. The molecule has 0 aliphatic carbocycles. The number of amides is 2. The average Bonchev–Trinajstić information content (AvgIpc) is 3.65. The van der Waals surface area contributed by atoms with E-state index in [0.29, 0.717) is 35.7 Å². The fraction of sp³-hybridized carbons (Fsp3) is 0.200. The van der Waals surface area contributed by atoms with Crippen LogP contribution in [0.5, 0.6) is 5.75 Å². The fourth-order valence-corrected chi connectivity index (χ4v) is 5.09. The Balaban J connectivity index is 1.25. The number of hydrogen-bond donors (Lipinski definition) is 4. The van der Waals surface area contributed by atoms with Gasteiger partial charge in [-0.1, -0.05) is 48.5 Å². The number of nitrogens with zero attached hydrogens (tertiary/aromatic N) is 2. The Morgan fingerprint density at radius 3 is 2.64 bits per heavy atom. The summed E-state index contributed by atoms with van der Waals surface area (Å²) in [7, 11) is 0. The molecule has 3 aromatic carbocycles. The van der Waals surface area contributed by atoms with Gasteiger partial charge in [0.1, 0.15) is 16.5 Å². The quantitative estimate of drug-likeness (QED) is 0.168. The third kappa shape index (κ3) is 6.15. The summed E-state index contributed by atoms with van der Waals surface area (Å²) in [5.41, 5.74) is 4.53. The van der Waals surface area contributed by atoms with Crippen molar-refractivity contribution in [1.82, 2.24) is 25.6 Å². The topological polar surface area (TPSA) is 120 Å². The molecule has 0 aliphatic rings. The van der Waals surface area contributed by atoms with Crippen molar-refractivity contribution in [3.63, 3.8) is 0 Å². The second-order valence-electron chi connectivity index (χ2n) is 9.36. The lowest BCUT2D eigenvalue weighted by molar-refractivity contribution is 0.0935. The number of carbonyl (C=O) groups excluding carboxylic acids is 2. The number of fused-ring (bicyclic) bond motifs is 1. The monoisotopic (exact) mass is 539 g/mol. The van der Waals surface area contributed by atoms with Gasteiger partial charge in [0.2, 0.25) is 0 Å². The summed E-state index contributed by atoms with van der Waals surface area (Å²) in [6.45, 7) is 2.24. The van der Waals surface area contributed by atoms with E-state index in [9.17, 15) is 14.7 Å². The van der Waals surface area contributed by atoms with Crippen LogP contribution in [0, 0.1) is 6.92 Å². The van der Waals surface area contributed by atoms with Crippen LogP contribution in [-0.2, 0) is 0 Å². The van der Waals surface area contributed by atoms with Gasteiger partial charge in [0.05, 0.1) is 35.2 Å². The van der Waals surface area contributed by atoms with Gasteiger partial charge >= 0.3 is 0 Å². The van der Waals surface area contributed by atoms with Crippen LogP contribution in [0.4, 0.5) is 0 Å². The highest BCUT2D eigenvalue weighted by atomic mass is 32.1. The molecule has 39 heavy (non-hydrogen) atoms. The number of phenols is 1. The number of H-pyrrole nitrogens is 1. The van der Waals surface area contributed by atoms with Crippen molar-refractivity contribution in [2.75, 3.05) is 6.54 Å². The van der Waals surface area contributed by atoms with Crippen LogP contribution >= 0.6 is 11.3 Å². The number of thiazole rings is 1. The largest absolute Gasteiger partial charge is 0.507 e. The summed E-state index contributed by atoms with van der Waals surface area (Å²) in [5, 5.41) is 18.3. The van der Waals surface area contributed by atoms with Gasteiger partial charge < -0.3 is 20.7 Å². The number of aromatic nitrogens is 3. The maximum Gasteiger partial charge on any atom is 0.263 e. The van der Waals surface area contributed by atoms with Gasteiger partial charge in [-0.2, -0.15) is 0 Å². The maximum absolute atomic E-state index is 12.8. The number of nitrogens with one attached hydrogen (secondary N) is 3. The molecule has 2 heterocycles. The molecule has 0 spiro atoms. The van der Waals surface area contributed by atoms with Crippen molar-refractivity contribution >= 4 is 33.9 Å². The summed E-state index contributed by atoms with van der Waals surface area (Å²) in [6.07, 6.45) is 5.40. The number of phenolic OH excluding ortho intramolecular Hbond substituents is 1. The highest BCUT2D eigenvalue weighted by Gasteiger charge is 2.20. The molecule has 5 rings (SSSR count). The van der Waals surface area contributed by atoms with Gasteiger partial charge in [-0.05, 0) is 54.7 Å². The number of benzene rings is 3. The molecule has 0 bridgehead atoms. The Labute approximate surface area is 230 Å². The molecule has 1 atom stereocenters. The molecule has 198 valence electrons. The number of aromatic amines is 1. The van der Waals surface area contributed by atoms with Crippen molar-refractivity contribution in [2.45, 2.75) is 32.2 Å². The van der Waals surface area contributed by atoms with E-state index in [1.807, 2.05) is 12.1 Å². The summed E-state index contributed by atoms with van der Waals surface area (Å²) >= 11 is 1.29. The van der Waals surface area contributed by atoms with E-state index >= 15 is 0 Å².